The summed E-state index contributed by atoms with van der Waals surface area (Å²) in [5, 5.41) is 17.5. The number of hydrogen-bond donors (Lipinski definition) is 2. The number of phenols is 1. The van der Waals surface area contributed by atoms with E-state index in [2.05, 4.69) is 0 Å². The Balaban J connectivity index is 0.000000407. The molecule has 0 aromatic heterocycles. The van der Waals surface area contributed by atoms with Gasteiger partial charge in [0.25, 0.3) is 0 Å². The van der Waals surface area contributed by atoms with Crippen molar-refractivity contribution in [2.45, 2.75) is 13.8 Å². The molecule has 0 amide bonds. The summed E-state index contributed by atoms with van der Waals surface area (Å²) in [5.74, 6) is 0.810. The summed E-state index contributed by atoms with van der Waals surface area (Å²) in [7, 11) is 11.8. The van der Waals surface area contributed by atoms with E-state index in [0.717, 1.165) is 23.5 Å². The first-order valence-electron chi connectivity index (χ1n) is 20.2. The molecule has 0 spiro atoms. The fraction of sp³-hybridized carbons (Fsp3) is 0.240. The van der Waals surface area contributed by atoms with Crippen molar-refractivity contribution in [2.24, 2.45) is 0 Å². The van der Waals surface area contributed by atoms with Crippen molar-refractivity contribution in [2.75, 3.05) is 68.4 Å². The standard InChI is InChI=1S/C25H26O8S.C19H20O6.C6H8O3S/c1-6-7-24(28)34-15-23(27)33-20-12-16(9-11-19(20)29-2)8-10-18(26)17-13-21(30-3)25(32-5)22(14-17)31-4;1-22-16-8-6-12(9-15(16)21)5-7-14(20)13-10-17(23-2)19(25-4)18(11-13)24-3;1-2-3-6(9)10-4-5(7)8/h6-14H,15H2,1-5H3;5-11,21H,1-4H3;2-3H,4H2,1H3,(H,7,8)/b7-6+,10-8+;7-5+;3-2+. The molecule has 0 unspecified atom stereocenters. The molecule has 17 nitrogen and oxygen atoms in total. The normalized spacial score (nSPS) is 10.6. The number of aliphatic carboxylic acids is 1. The minimum atomic E-state index is -0.970. The molecule has 368 valence electrons. The number of ether oxygens (including phenoxy) is 9. The van der Waals surface area contributed by atoms with E-state index in [4.69, 9.17) is 47.7 Å². The molecule has 69 heavy (non-hydrogen) atoms. The van der Waals surface area contributed by atoms with Crippen LogP contribution in [-0.2, 0) is 19.2 Å². The molecule has 19 heteroatoms. The van der Waals surface area contributed by atoms with Gasteiger partial charge in [0, 0.05) is 11.1 Å². The predicted molar refractivity (Wildman–Crippen MR) is 264 cm³/mol. The number of thioether (sulfide) groups is 2. The molecular weight excluding hydrogens is 937 g/mol. The third-order valence-electron chi connectivity index (χ3n) is 8.64. The van der Waals surface area contributed by atoms with Crippen LogP contribution in [0.3, 0.4) is 0 Å². The van der Waals surface area contributed by atoms with Gasteiger partial charge in [-0.25, -0.2) is 0 Å². The Labute approximate surface area is 408 Å². The van der Waals surface area contributed by atoms with Crippen LogP contribution in [0.1, 0.15) is 45.7 Å². The van der Waals surface area contributed by atoms with Crippen molar-refractivity contribution in [1.82, 2.24) is 0 Å². The molecular formula is C50H54O17S2. The average molecular weight is 991 g/mol. The summed E-state index contributed by atoms with van der Waals surface area (Å²) in [6.45, 7) is 3.42. The number of esters is 1. The molecule has 0 fully saturated rings. The van der Waals surface area contributed by atoms with Crippen molar-refractivity contribution in [1.29, 1.82) is 0 Å². The first-order chi connectivity index (χ1) is 33.1. The Hall–Kier alpha value is -7.64. The maximum Gasteiger partial charge on any atom is 0.321 e. The zero-order chi connectivity index (χ0) is 51.5. The van der Waals surface area contributed by atoms with E-state index in [9.17, 15) is 33.9 Å². The van der Waals surface area contributed by atoms with Crippen LogP contribution >= 0.6 is 23.5 Å². The quantitative estimate of drug-likeness (QED) is 0.0345. The Morgan fingerprint density at radius 2 is 0.870 bits per heavy atom. The second-order valence-electron chi connectivity index (χ2n) is 13.1. The molecule has 2 N–H and O–H groups in total. The van der Waals surface area contributed by atoms with E-state index < -0.39 is 11.9 Å². The second kappa shape index (κ2) is 30.6. The number of hydrogen-bond acceptors (Lipinski definition) is 18. The van der Waals surface area contributed by atoms with Gasteiger partial charge in [0.1, 0.15) is 0 Å². The van der Waals surface area contributed by atoms with Crippen LogP contribution < -0.4 is 42.6 Å². The molecule has 0 radical (unpaired) electrons. The van der Waals surface area contributed by atoms with Crippen molar-refractivity contribution < 1.29 is 81.6 Å². The zero-order valence-electron chi connectivity index (χ0n) is 39.6. The van der Waals surface area contributed by atoms with Crippen LogP contribution in [0.4, 0.5) is 0 Å². The van der Waals surface area contributed by atoms with E-state index >= 15 is 0 Å². The van der Waals surface area contributed by atoms with Crippen LogP contribution in [0.2, 0.25) is 0 Å². The molecule has 0 saturated carbocycles. The maximum atomic E-state index is 12.8. The van der Waals surface area contributed by atoms with Crippen molar-refractivity contribution >= 4 is 69.4 Å². The van der Waals surface area contributed by atoms with Crippen LogP contribution in [0.15, 0.2) is 97.1 Å². The lowest BCUT2D eigenvalue weighted by molar-refractivity contribution is -0.134. The number of carbonyl (C=O) groups is 6. The predicted octanol–water partition coefficient (Wildman–Crippen LogP) is 8.59. The van der Waals surface area contributed by atoms with Crippen LogP contribution in [-0.4, -0.2) is 112 Å². The largest absolute Gasteiger partial charge is 0.504 e. The number of carbonyl (C=O) groups excluding carboxylic acids is 5. The third kappa shape index (κ3) is 18.9. The Morgan fingerprint density at radius 1 is 0.478 bits per heavy atom. The van der Waals surface area contributed by atoms with Gasteiger partial charge in [-0.3, -0.25) is 28.8 Å². The average Bonchev–Trinajstić information content (AvgIpc) is 3.35. The molecule has 0 atom stereocenters. The summed E-state index contributed by atoms with van der Waals surface area (Å²) in [4.78, 5) is 69.3. The number of rotatable bonds is 21. The summed E-state index contributed by atoms with van der Waals surface area (Å²) < 4.78 is 47.2. The number of carboxylic acid groups (broad SMARTS) is 1. The maximum absolute atomic E-state index is 12.8. The fourth-order valence-electron chi connectivity index (χ4n) is 5.45. The molecule has 0 saturated heterocycles. The Morgan fingerprint density at radius 3 is 1.23 bits per heavy atom. The van der Waals surface area contributed by atoms with Gasteiger partial charge in [-0.15, -0.1) is 0 Å². The van der Waals surface area contributed by atoms with Gasteiger partial charge in [0.05, 0.1) is 68.4 Å². The van der Waals surface area contributed by atoms with Crippen molar-refractivity contribution in [3.63, 3.8) is 0 Å². The highest BCUT2D eigenvalue weighted by Crippen LogP contribution is 2.40. The minimum absolute atomic E-state index is 0.00452. The summed E-state index contributed by atoms with van der Waals surface area (Å²) in [5.41, 5.74) is 2.00. The molecule has 0 heterocycles. The van der Waals surface area contributed by atoms with E-state index in [0.29, 0.717) is 68.2 Å². The number of aromatic hydroxyl groups is 1. The van der Waals surface area contributed by atoms with Crippen LogP contribution in [0.25, 0.3) is 12.2 Å². The summed E-state index contributed by atoms with van der Waals surface area (Å²) in [6.07, 6.45) is 11.8. The van der Waals surface area contributed by atoms with Gasteiger partial charge in [-0.2, -0.15) is 0 Å². The van der Waals surface area contributed by atoms with Crippen molar-refractivity contribution in [3.05, 3.63) is 119 Å². The van der Waals surface area contributed by atoms with E-state index in [1.54, 1.807) is 92.7 Å². The zero-order valence-corrected chi connectivity index (χ0v) is 41.3. The molecule has 4 aromatic rings. The highest BCUT2D eigenvalue weighted by molar-refractivity contribution is 8.14. The van der Waals surface area contributed by atoms with Gasteiger partial charge in [0.2, 0.25) is 21.7 Å². The number of allylic oxidation sites excluding steroid dienone is 4. The van der Waals surface area contributed by atoms with Gasteiger partial charge < -0.3 is 52.8 Å². The highest BCUT2D eigenvalue weighted by Gasteiger charge is 2.18. The first-order valence-corrected chi connectivity index (χ1v) is 22.1. The number of methoxy groups -OCH3 is 8. The second-order valence-corrected chi connectivity index (χ2v) is 15.1. The van der Waals surface area contributed by atoms with Crippen LogP contribution in [0.5, 0.6) is 57.5 Å². The lowest BCUT2D eigenvalue weighted by Gasteiger charge is -2.13. The highest BCUT2D eigenvalue weighted by atomic mass is 32.2. The molecule has 0 bridgehead atoms. The lowest BCUT2D eigenvalue weighted by atomic mass is 10.1. The Bertz CT molecular complexity index is 2490. The van der Waals surface area contributed by atoms with Crippen molar-refractivity contribution in [3.8, 4) is 57.5 Å². The smallest absolute Gasteiger partial charge is 0.321 e. The van der Waals surface area contributed by atoms with Gasteiger partial charge in [-0.05, 0) is 97.8 Å². The van der Waals surface area contributed by atoms with Gasteiger partial charge >= 0.3 is 11.9 Å². The van der Waals surface area contributed by atoms with Gasteiger partial charge in [0.15, 0.2) is 57.6 Å². The number of ketones is 2. The first kappa shape index (κ1) is 57.5. The van der Waals surface area contributed by atoms with Gasteiger partial charge in [-0.1, -0.05) is 60.0 Å². The summed E-state index contributed by atoms with van der Waals surface area (Å²) in [6, 6.07) is 16.0. The minimum Gasteiger partial charge on any atom is -0.504 e. The monoisotopic (exact) mass is 990 g/mol. The number of phenolic OH excluding ortho intramolecular Hbond substituents is 1. The molecule has 4 aromatic carbocycles. The number of carboxylic acids is 1. The topological polar surface area (TPSA) is 226 Å². The SMILES string of the molecule is C/C=C/C(=O)SCC(=O)O.C/C=C/C(=O)SCC(=O)Oc1cc(/C=C/C(=O)c2cc(OC)c(OC)c(OC)c2)ccc1OC.COc1ccc(/C=C/C(=O)c2cc(OC)c(OC)c(OC)c2)cc1O. The molecule has 0 aliphatic rings. The van der Waals surface area contributed by atoms with E-state index in [1.165, 1.54) is 87.2 Å². The molecule has 4 rings (SSSR count). The molecule has 0 aliphatic heterocycles. The molecule has 0 aliphatic carbocycles. The fourth-order valence-corrected chi connectivity index (χ4v) is 6.50. The Kier molecular flexibility index (Phi) is 25.5. The summed E-state index contributed by atoms with van der Waals surface area (Å²) >= 11 is 1.62. The lowest BCUT2D eigenvalue weighted by Crippen LogP contribution is -2.12. The number of benzene rings is 4. The third-order valence-corrected chi connectivity index (χ3v) is 10.3. The van der Waals surface area contributed by atoms with Crippen LogP contribution in [0, 0.1) is 0 Å². The van der Waals surface area contributed by atoms with E-state index in [-0.39, 0.29) is 44.8 Å². The van der Waals surface area contributed by atoms with E-state index in [1.807, 2.05) is 0 Å².